The van der Waals surface area contributed by atoms with E-state index in [0.29, 0.717) is 5.57 Å². The lowest BCUT2D eigenvalue weighted by Crippen LogP contribution is -2.15. The summed E-state index contributed by atoms with van der Waals surface area (Å²) in [5.74, 6) is 0. The molecule has 1 aliphatic rings. The van der Waals surface area contributed by atoms with E-state index in [1.165, 1.54) is 61.7 Å². The van der Waals surface area contributed by atoms with Gasteiger partial charge in [-0.25, -0.2) is 0 Å². The lowest BCUT2D eigenvalue weighted by molar-refractivity contribution is 0.487. The monoisotopic (exact) mass is 615 g/mol. The van der Waals surface area contributed by atoms with Crippen molar-refractivity contribution in [1.82, 2.24) is 0 Å². The Hall–Kier alpha value is -4.12. The van der Waals surface area contributed by atoms with Crippen LogP contribution >= 0.6 is 0 Å². The Bertz CT molecular complexity index is 1790. The fourth-order valence-corrected chi connectivity index (χ4v) is 7.28. The van der Waals surface area contributed by atoms with Crippen molar-refractivity contribution in [2.75, 3.05) is 0 Å². The van der Waals surface area contributed by atoms with E-state index >= 15 is 0 Å². The number of hydrogen-bond donors (Lipinski definition) is 1. The molecule has 3 nitrogen and oxygen atoms in total. The van der Waals surface area contributed by atoms with Gasteiger partial charge in [-0.3, -0.25) is 4.55 Å². The van der Waals surface area contributed by atoms with Gasteiger partial charge in [-0.2, -0.15) is 8.42 Å². The summed E-state index contributed by atoms with van der Waals surface area (Å²) in [5.41, 5.74) is 15.9. The largest absolute Gasteiger partial charge is 0.331 e. The zero-order chi connectivity index (χ0) is 32.3. The molecule has 0 amide bonds. The van der Waals surface area contributed by atoms with Gasteiger partial charge in [0.1, 0.15) is 5.57 Å². The van der Waals surface area contributed by atoms with E-state index in [9.17, 15) is 13.0 Å². The fourth-order valence-electron chi connectivity index (χ4n) is 6.58. The highest BCUT2D eigenvalue weighted by Crippen LogP contribution is 2.39. The molecule has 0 unspecified atom stereocenters. The molecule has 0 bridgehead atoms. The first-order valence-electron chi connectivity index (χ1n) is 15.8. The minimum atomic E-state index is -4.46. The predicted molar refractivity (Wildman–Crippen MR) is 188 cm³/mol. The minimum Gasteiger partial charge on any atom is -0.274 e. The fraction of sp³-hybridized carbons (Fsp3) is 0.244. The van der Waals surface area contributed by atoms with Gasteiger partial charge in [-0.1, -0.05) is 62.4 Å². The number of allylic oxidation sites excluding steroid dienone is 3. The molecule has 1 aliphatic carbocycles. The van der Waals surface area contributed by atoms with Crippen molar-refractivity contribution >= 4 is 15.7 Å². The van der Waals surface area contributed by atoms with Crippen LogP contribution in [0.1, 0.15) is 80.6 Å². The highest BCUT2D eigenvalue weighted by atomic mass is 32.2. The quantitative estimate of drug-likeness (QED) is 0.151. The topological polar surface area (TPSA) is 54.4 Å². The van der Waals surface area contributed by atoms with Crippen molar-refractivity contribution in [2.24, 2.45) is 0 Å². The van der Waals surface area contributed by atoms with Gasteiger partial charge < -0.3 is 0 Å². The van der Waals surface area contributed by atoms with Crippen molar-refractivity contribution < 1.29 is 13.0 Å². The summed E-state index contributed by atoms with van der Waals surface area (Å²) >= 11 is 0. The molecule has 4 aromatic carbocycles. The van der Waals surface area contributed by atoms with Gasteiger partial charge in [-0.05, 0) is 133 Å². The minimum absolute atomic E-state index is 0.0877. The zero-order valence-electron chi connectivity index (χ0n) is 27.2. The van der Waals surface area contributed by atoms with Crippen LogP contribution in [0, 0.1) is 32.9 Å². The Balaban J connectivity index is 1.67. The van der Waals surface area contributed by atoms with Crippen LogP contribution in [0.15, 0.2) is 103 Å². The number of benzene rings is 4. The molecule has 5 rings (SSSR count). The summed E-state index contributed by atoms with van der Waals surface area (Å²) in [5, 5.41) is -0.0877. The van der Waals surface area contributed by atoms with Crippen LogP contribution in [0.4, 0.5) is 0 Å². The highest BCUT2D eigenvalue weighted by Gasteiger charge is 2.36. The van der Waals surface area contributed by atoms with E-state index in [-0.39, 0.29) is 5.25 Å². The molecule has 1 N–H and O–H groups in total. The Morgan fingerprint density at radius 3 is 1.49 bits per heavy atom. The molecule has 0 saturated heterocycles. The van der Waals surface area contributed by atoms with E-state index in [2.05, 4.69) is 114 Å². The highest BCUT2D eigenvalue weighted by molar-refractivity contribution is 7.89. The van der Waals surface area contributed by atoms with Crippen LogP contribution < -0.4 is 0 Å². The molecule has 0 aromatic heterocycles. The third kappa shape index (κ3) is 6.93. The predicted octanol–water partition coefficient (Wildman–Crippen LogP) is 9.57. The third-order valence-corrected chi connectivity index (χ3v) is 10.1. The van der Waals surface area contributed by atoms with Gasteiger partial charge in [0.15, 0.2) is 5.25 Å². The van der Waals surface area contributed by atoms with Gasteiger partial charge in [-0.15, -0.1) is 0 Å². The van der Waals surface area contributed by atoms with Gasteiger partial charge in [0, 0.05) is 35.4 Å². The summed E-state index contributed by atoms with van der Waals surface area (Å²) in [6.07, 6.45) is 10.1. The summed E-state index contributed by atoms with van der Waals surface area (Å²) in [4.78, 5) is 0. The Morgan fingerprint density at radius 2 is 1.09 bits per heavy atom. The smallest absolute Gasteiger partial charge is 0.274 e. The van der Waals surface area contributed by atoms with Crippen LogP contribution in [0.3, 0.4) is 0 Å². The standard InChI is InChI=1S/C41H42O3S/c1-7-31-23-35(21-19-33(31)25-38-27(3)13-11-14-28(38)4)41(37-17-9-10-18-40(37)45(42,43)44)36-22-20-34(32(8-2)24-36)26-39-29(5)15-12-16-30(39)6/h9-24H,7-8,25-26H2,1-6H3/p+1. The second-order valence-electron chi connectivity index (χ2n) is 12.1. The van der Waals surface area contributed by atoms with Crippen LogP contribution in [-0.2, 0) is 35.8 Å². The molecule has 0 fully saturated rings. The summed E-state index contributed by atoms with van der Waals surface area (Å²) in [7, 11) is -4.46. The lowest BCUT2D eigenvalue weighted by Gasteiger charge is -2.18. The molecule has 230 valence electrons. The van der Waals surface area contributed by atoms with E-state index in [4.69, 9.17) is 0 Å². The van der Waals surface area contributed by atoms with Gasteiger partial charge in [0.05, 0.1) is 5.57 Å². The van der Waals surface area contributed by atoms with E-state index in [0.717, 1.165) is 42.4 Å². The maximum Gasteiger partial charge on any atom is 0.331 e. The van der Waals surface area contributed by atoms with Crippen molar-refractivity contribution in [3.05, 3.63) is 175 Å². The van der Waals surface area contributed by atoms with Crippen molar-refractivity contribution in [3.63, 3.8) is 0 Å². The van der Waals surface area contributed by atoms with Gasteiger partial charge in [0.25, 0.3) is 0 Å². The molecule has 45 heavy (non-hydrogen) atoms. The molecule has 0 spiro atoms. The average Bonchev–Trinajstić information content (AvgIpc) is 3.01. The Labute approximate surface area is 269 Å². The van der Waals surface area contributed by atoms with Crippen molar-refractivity contribution in [2.45, 2.75) is 67.2 Å². The maximum atomic E-state index is 12.7. The second-order valence-corrected chi connectivity index (χ2v) is 13.5. The summed E-state index contributed by atoms with van der Waals surface area (Å²) in [6, 6.07) is 25.8. The molecule has 0 atom stereocenters. The van der Waals surface area contributed by atoms with Crippen LogP contribution in [-0.4, -0.2) is 13.0 Å². The Kier molecular flexibility index (Phi) is 9.67. The molecule has 0 radical (unpaired) electrons. The van der Waals surface area contributed by atoms with E-state index in [1.807, 2.05) is 6.08 Å². The molecular weight excluding hydrogens is 573 g/mol. The third-order valence-electron chi connectivity index (χ3n) is 9.21. The normalized spacial score (nSPS) is 13.0. The number of hydrogen-bond acceptors (Lipinski definition) is 2. The summed E-state index contributed by atoms with van der Waals surface area (Å²) in [6.45, 7) is 13.0. The first-order chi connectivity index (χ1) is 21.5. The van der Waals surface area contributed by atoms with Crippen LogP contribution in [0.5, 0.6) is 0 Å². The van der Waals surface area contributed by atoms with Crippen molar-refractivity contribution in [1.29, 1.82) is 0 Å². The maximum absolute atomic E-state index is 12.7. The molecule has 0 aliphatic heterocycles. The SMILES string of the molecule is CCc1cc(C(=C2C=CC=C[C+]2S(=O)(=O)O)c2ccc(Cc3c(C)cccc3C)c(CC)c2)ccc1Cc1c(C)cccc1C. The Morgan fingerprint density at radius 1 is 0.644 bits per heavy atom. The first kappa shape index (κ1) is 32.3. The molecule has 0 heterocycles. The number of aryl methyl sites for hydroxylation is 6. The van der Waals surface area contributed by atoms with Gasteiger partial charge in [0.2, 0.25) is 0 Å². The average molecular weight is 616 g/mol. The molecule has 4 heteroatoms. The molecule has 0 saturated carbocycles. The molecular formula is C41H43O3S+. The van der Waals surface area contributed by atoms with Crippen LogP contribution in [0.2, 0.25) is 0 Å². The lowest BCUT2D eigenvalue weighted by atomic mass is 9.84. The summed E-state index contributed by atoms with van der Waals surface area (Å²) < 4.78 is 35.6. The molecule has 4 aromatic rings. The van der Waals surface area contributed by atoms with Crippen LogP contribution in [0.25, 0.3) is 5.57 Å². The second kappa shape index (κ2) is 13.5. The first-order valence-corrected chi connectivity index (χ1v) is 17.2. The van der Waals surface area contributed by atoms with Gasteiger partial charge >= 0.3 is 10.1 Å². The van der Waals surface area contributed by atoms with Crippen molar-refractivity contribution in [3.8, 4) is 0 Å². The number of rotatable bonds is 9. The van der Waals surface area contributed by atoms with E-state index < -0.39 is 10.1 Å². The zero-order valence-corrected chi connectivity index (χ0v) is 28.1. The van der Waals surface area contributed by atoms with E-state index in [1.54, 1.807) is 12.2 Å².